The molecule has 1 aliphatic carbocycles. The van der Waals surface area contributed by atoms with Crippen molar-refractivity contribution >= 4 is 16.8 Å². The van der Waals surface area contributed by atoms with E-state index in [4.69, 9.17) is 0 Å². The molecule has 0 atom stereocenters. The summed E-state index contributed by atoms with van der Waals surface area (Å²) < 4.78 is 13.3. The standard InChI is InChI=1S/C18H21FN2O3/c19-12-5-6-13-14(10-16(22)21-15(13)9-12)17(23)20-11-18(24)7-3-1-2-4-8-18/h5-6,9-10,24H,1-4,7-8,11H2,(H,20,23)(H,21,22). The number of nitrogens with one attached hydrogen (secondary N) is 2. The number of amides is 1. The average Bonchev–Trinajstić information content (AvgIpc) is 2.76. The number of rotatable bonds is 3. The predicted octanol–water partition coefficient (Wildman–Crippen LogP) is 2.48. The van der Waals surface area contributed by atoms with E-state index in [1.165, 1.54) is 24.3 Å². The number of hydrogen-bond donors (Lipinski definition) is 3. The molecular weight excluding hydrogens is 311 g/mol. The molecule has 3 rings (SSSR count). The third-order valence-electron chi connectivity index (χ3n) is 4.66. The Hall–Kier alpha value is -2.21. The minimum Gasteiger partial charge on any atom is -0.388 e. The summed E-state index contributed by atoms with van der Waals surface area (Å²) in [5, 5.41) is 13.8. The van der Waals surface area contributed by atoms with Gasteiger partial charge < -0.3 is 15.4 Å². The quantitative estimate of drug-likeness (QED) is 0.755. The Morgan fingerprint density at radius 3 is 2.62 bits per heavy atom. The SMILES string of the molecule is O=C(NCC1(O)CCCCCC1)c1cc(=O)[nH]c2cc(F)ccc12. The number of aromatic amines is 1. The van der Waals surface area contributed by atoms with E-state index in [-0.39, 0.29) is 17.6 Å². The van der Waals surface area contributed by atoms with Crippen LogP contribution in [0.15, 0.2) is 29.1 Å². The smallest absolute Gasteiger partial charge is 0.252 e. The van der Waals surface area contributed by atoms with Crippen LogP contribution in [0.2, 0.25) is 0 Å². The summed E-state index contributed by atoms with van der Waals surface area (Å²) in [6.07, 6.45) is 5.41. The van der Waals surface area contributed by atoms with Gasteiger partial charge >= 0.3 is 0 Å². The van der Waals surface area contributed by atoms with E-state index in [0.29, 0.717) is 18.2 Å². The molecule has 1 aliphatic rings. The molecule has 0 saturated heterocycles. The van der Waals surface area contributed by atoms with Gasteiger partial charge in [-0.1, -0.05) is 25.7 Å². The van der Waals surface area contributed by atoms with Gasteiger partial charge in [0, 0.05) is 18.0 Å². The summed E-state index contributed by atoms with van der Waals surface area (Å²) in [6.45, 7) is 0.154. The lowest BCUT2D eigenvalue weighted by atomic mass is 9.94. The van der Waals surface area contributed by atoms with Gasteiger partial charge in [0.25, 0.3) is 5.91 Å². The Kier molecular flexibility index (Phi) is 4.66. The van der Waals surface area contributed by atoms with Crippen molar-refractivity contribution in [3.63, 3.8) is 0 Å². The Balaban J connectivity index is 1.82. The highest BCUT2D eigenvalue weighted by molar-refractivity contribution is 6.05. The summed E-state index contributed by atoms with van der Waals surface area (Å²) in [6, 6.07) is 5.10. The number of H-pyrrole nitrogens is 1. The van der Waals surface area contributed by atoms with E-state index in [1.54, 1.807) is 0 Å². The van der Waals surface area contributed by atoms with Crippen molar-refractivity contribution in [3.8, 4) is 0 Å². The van der Waals surface area contributed by atoms with Crippen LogP contribution in [0.3, 0.4) is 0 Å². The van der Waals surface area contributed by atoms with Crippen LogP contribution in [0.4, 0.5) is 4.39 Å². The topological polar surface area (TPSA) is 82.2 Å². The van der Waals surface area contributed by atoms with Crippen LogP contribution in [0, 0.1) is 5.82 Å². The third-order valence-corrected chi connectivity index (χ3v) is 4.66. The molecule has 1 aromatic carbocycles. The maximum absolute atomic E-state index is 13.3. The fraction of sp³-hybridized carbons (Fsp3) is 0.444. The number of aliphatic hydroxyl groups is 1. The highest BCUT2D eigenvalue weighted by atomic mass is 19.1. The monoisotopic (exact) mass is 332 g/mol. The fourth-order valence-electron chi connectivity index (χ4n) is 3.32. The van der Waals surface area contributed by atoms with E-state index in [1.807, 2.05) is 0 Å². The van der Waals surface area contributed by atoms with Crippen molar-refractivity contribution in [2.75, 3.05) is 6.54 Å². The van der Waals surface area contributed by atoms with E-state index < -0.39 is 22.9 Å². The highest BCUT2D eigenvalue weighted by Gasteiger charge is 2.28. The predicted molar refractivity (Wildman–Crippen MR) is 89.5 cm³/mol. The van der Waals surface area contributed by atoms with Crippen LogP contribution in [0.5, 0.6) is 0 Å². The van der Waals surface area contributed by atoms with E-state index in [0.717, 1.165) is 25.7 Å². The maximum atomic E-state index is 13.3. The normalized spacial score (nSPS) is 17.4. The minimum atomic E-state index is -0.894. The van der Waals surface area contributed by atoms with Gasteiger partial charge in [-0.15, -0.1) is 0 Å². The highest BCUT2D eigenvalue weighted by Crippen LogP contribution is 2.26. The first-order valence-electron chi connectivity index (χ1n) is 8.30. The van der Waals surface area contributed by atoms with Gasteiger partial charge in [0.2, 0.25) is 5.56 Å². The van der Waals surface area contributed by atoms with Crippen LogP contribution in [0.25, 0.3) is 10.9 Å². The Morgan fingerprint density at radius 1 is 1.21 bits per heavy atom. The number of benzene rings is 1. The molecule has 0 radical (unpaired) electrons. The molecule has 3 N–H and O–H groups in total. The first-order chi connectivity index (χ1) is 11.5. The summed E-state index contributed by atoms with van der Waals surface area (Å²) in [5.41, 5.74) is -0.895. The molecule has 24 heavy (non-hydrogen) atoms. The number of pyridine rings is 1. The summed E-state index contributed by atoms with van der Waals surface area (Å²) in [5.74, 6) is -0.918. The minimum absolute atomic E-state index is 0.154. The molecule has 0 spiro atoms. The van der Waals surface area contributed by atoms with Crippen LogP contribution in [-0.4, -0.2) is 28.1 Å². The lowest BCUT2D eigenvalue weighted by molar-refractivity contribution is 0.0246. The molecule has 128 valence electrons. The van der Waals surface area contributed by atoms with Crippen LogP contribution in [-0.2, 0) is 0 Å². The number of carbonyl (C=O) groups is 1. The van der Waals surface area contributed by atoms with E-state index >= 15 is 0 Å². The molecule has 2 aromatic rings. The molecule has 1 heterocycles. The Labute approximate surface area is 138 Å². The van der Waals surface area contributed by atoms with E-state index in [9.17, 15) is 19.1 Å². The van der Waals surface area contributed by atoms with Crippen molar-refractivity contribution in [2.45, 2.75) is 44.1 Å². The summed E-state index contributed by atoms with van der Waals surface area (Å²) in [7, 11) is 0. The van der Waals surface area contributed by atoms with Crippen molar-refractivity contribution in [1.82, 2.24) is 10.3 Å². The molecule has 1 amide bonds. The largest absolute Gasteiger partial charge is 0.388 e. The Morgan fingerprint density at radius 2 is 1.92 bits per heavy atom. The molecule has 6 heteroatoms. The zero-order valence-electron chi connectivity index (χ0n) is 13.4. The van der Waals surface area contributed by atoms with Gasteiger partial charge in [0.15, 0.2) is 0 Å². The third kappa shape index (κ3) is 3.64. The lowest BCUT2D eigenvalue weighted by Gasteiger charge is -2.26. The number of halogens is 1. The number of hydrogen-bond acceptors (Lipinski definition) is 3. The lowest BCUT2D eigenvalue weighted by Crippen LogP contribution is -2.42. The second-order valence-corrected chi connectivity index (χ2v) is 6.56. The number of fused-ring (bicyclic) bond motifs is 1. The van der Waals surface area contributed by atoms with Crippen LogP contribution < -0.4 is 10.9 Å². The fourth-order valence-corrected chi connectivity index (χ4v) is 3.32. The van der Waals surface area contributed by atoms with Gasteiger partial charge in [-0.05, 0) is 31.0 Å². The second kappa shape index (κ2) is 6.73. The Bertz CT molecular complexity index is 808. The van der Waals surface area contributed by atoms with Crippen LogP contribution >= 0.6 is 0 Å². The molecule has 0 bridgehead atoms. The molecule has 0 unspecified atom stereocenters. The zero-order chi connectivity index (χ0) is 17.2. The molecule has 1 fully saturated rings. The summed E-state index contributed by atoms with van der Waals surface area (Å²) >= 11 is 0. The van der Waals surface area contributed by atoms with Gasteiger partial charge in [-0.25, -0.2) is 4.39 Å². The molecular formula is C18H21FN2O3. The van der Waals surface area contributed by atoms with Crippen molar-refractivity contribution in [1.29, 1.82) is 0 Å². The molecule has 0 aliphatic heterocycles. The number of aromatic nitrogens is 1. The van der Waals surface area contributed by atoms with Crippen LogP contribution in [0.1, 0.15) is 48.9 Å². The van der Waals surface area contributed by atoms with Gasteiger partial charge in [-0.2, -0.15) is 0 Å². The van der Waals surface area contributed by atoms with Gasteiger partial charge in [0.1, 0.15) is 5.82 Å². The van der Waals surface area contributed by atoms with Gasteiger partial charge in [-0.3, -0.25) is 9.59 Å². The maximum Gasteiger partial charge on any atom is 0.252 e. The number of carbonyl (C=O) groups excluding carboxylic acids is 1. The molecule has 1 saturated carbocycles. The zero-order valence-corrected chi connectivity index (χ0v) is 13.4. The first-order valence-corrected chi connectivity index (χ1v) is 8.30. The van der Waals surface area contributed by atoms with Gasteiger partial charge in [0.05, 0.1) is 16.7 Å². The summed E-state index contributed by atoms with van der Waals surface area (Å²) in [4.78, 5) is 26.7. The van der Waals surface area contributed by atoms with E-state index in [2.05, 4.69) is 10.3 Å². The van der Waals surface area contributed by atoms with Crippen molar-refractivity contribution < 1.29 is 14.3 Å². The molecule has 5 nitrogen and oxygen atoms in total. The van der Waals surface area contributed by atoms with Crippen molar-refractivity contribution in [3.05, 3.63) is 46.0 Å². The first kappa shape index (κ1) is 16.6. The van der Waals surface area contributed by atoms with Crippen molar-refractivity contribution in [2.24, 2.45) is 0 Å². The molecule has 1 aromatic heterocycles. The average molecular weight is 332 g/mol. The second-order valence-electron chi connectivity index (χ2n) is 6.56.